The number of rotatable bonds is 6. The molecule has 2 rings (SSSR count). The molecule has 0 amide bonds. The van der Waals surface area contributed by atoms with Crippen LogP contribution in [-0.4, -0.2) is 14.2 Å². The predicted molar refractivity (Wildman–Crippen MR) is 83.3 cm³/mol. The highest BCUT2D eigenvalue weighted by atomic mass is 16.5. The van der Waals surface area contributed by atoms with Crippen molar-refractivity contribution in [2.45, 2.75) is 19.9 Å². The molecule has 0 heterocycles. The van der Waals surface area contributed by atoms with E-state index in [9.17, 15) is 0 Å². The zero-order valence-electron chi connectivity index (χ0n) is 12.7. The van der Waals surface area contributed by atoms with Crippen molar-refractivity contribution in [3.05, 3.63) is 47.5 Å². The number of ether oxygens (including phenoxy) is 3. The fraction of sp³-hybridized carbons (Fsp3) is 0.294. The van der Waals surface area contributed by atoms with Gasteiger partial charge in [-0.15, -0.1) is 0 Å². The monoisotopic (exact) mass is 287 g/mol. The Morgan fingerprint density at radius 2 is 1.71 bits per heavy atom. The van der Waals surface area contributed by atoms with Gasteiger partial charge >= 0.3 is 0 Å². The number of nitrogens with two attached hydrogens (primary N) is 1. The van der Waals surface area contributed by atoms with Gasteiger partial charge < -0.3 is 19.9 Å². The molecule has 21 heavy (non-hydrogen) atoms. The summed E-state index contributed by atoms with van der Waals surface area (Å²) in [5, 5.41) is 0. The second-order valence-corrected chi connectivity index (χ2v) is 4.62. The average Bonchev–Trinajstić information content (AvgIpc) is 2.55. The Balaban J connectivity index is 2.37. The van der Waals surface area contributed by atoms with Gasteiger partial charge in [-0.05, 0) is 30.2 Å². The average molecular weight is 287 g/mol. The summed E-state index contributed by atoms with van der Waals surface area (Å²) >= 11 is 0. The highest BCUT2D eigenvalue weighted by molar-refractivity contribution is 5.48. The van der Waals surface area contributed by atoms with Crippen LogP contribution in [0.15, 0.2) is 36.4 Å². The Bertz CT molecular complexity index is 611. The first-order valence-electron chi connectivity index (χ1n) is 6.93. The lowest BCUT2D eigenvalue weighted by molar-refractivity contribution is 0.374. The summed E-state index contributed by atoms with van der Waals surface area (Å²) in [6.07, 6.45) is 0.948. The SMILES string of the molecule is CCc1ccc(Oc2cc(OC)ccc2CN)c(OC)c1. The molecule has 0 aliphatic heterocycles. The zero-order chi connectivity index (χ0) is 15.2. The van der Waals surface area contributed by atoms with E-state index in [2.05, 4.69) is 6.92 Å². The van der Waals surface area contributed by atoms with Gasteiger partial charge in [-0.2, -0.15) is 0 Å². The van der Waals surface area contributed by atoms with Crippen molar-refractivity contribution in [2.24, 2.45) is 5.73 Å². The third-order valence-electron chi connectivity index (χ3n) is 3.35. The van der Waals surface area contributed by atoms with Gasteiger partial charge in [0.25, 0.3) is 0 Å². The van der Waals surface area contributed by atoms with Gasteiger partial charge in [0.05, 0.1) is 14.2 Å². The topological polar surface area (TPSA) is 53.7 Å². The minimum atomic E-state index is 0.398. The maximum Gasteiger partial charge on any atom is 0.169 e. The van der Waals surface area contributed by atoms with Crippen molar-refractivity contribution in [3.8, 4) is 23.0 Å². The lowest BCUT2D eigenvalue weighted by Crippen LogP contribution is -2.01. The molecule has 0 aliphatic carbocycles. The molecule has 0 bridgehead atoms. The summed E-state index contributed by atoms with van der Waals surface area (Å²) in [6, 6.07) is 11.5. The summed E-state index contributed by atoms with van der Waals surface area (Å²) in [7, 11) is 3.26. The normalized spacial score (nSPS) is 10.3. The molecule has 4 heteroatoms. The number of hydrogen-bond donors (Lipinski definition) is 1. The van der Waals surface area contributed by atoms with E-state index in [1.165, 1.54) is 5.56 Å². The largest absolute Gasteiger partial charge is 0.497 e. The molecule has 4 nitrogen and oxygen atoms in total. The highest BCUT2D eigenvalue weighted by Gasteiger charge is 2.10. The first-order chi connectivity index (χ1) is 10.2. The van der Waals surface area contributed by atoms with E-state index in [-0.39, 0.29) is 0 Å². The summed E-state index contributed by atoms with van der Waals surface area (Å²) in [4.78, 5) is 0. The van der Waals surface area contributed by atoms with E-state index in [0.717, 1.165) is 17.7 Å². The molecule has 2 aromatic carbocycles. The van der Waals surface area contributed by atoms with Crippen LogP contribution >= 0.6 is 0 Å². The van der Waals surface area contributed by atoms with Gasteiger partial charge in [-0.25, -0.2) is 0 Å². The maximum absolute atomic E-state index is 5.98. The second-order valence-electron chi connectivity index (χ2n) is 4.62. The van der Waals surface area contributed by atoms with Crippen LogP contribution in [0, 0.1) is 0 Å². The van der Waals surface area contributed by atoms with E-state index in [0.29, 0.717) is 23.8 Å². The Hall–Kier alpha value is -2.20. The molecule has 0 unspecified atom stereocenters. The van der Waals surface area contributed by atoms with Crippen LogP contribution in [0.25, 0.3) is 0 Å². The fourth-order valence-corrected chi connectivity index (χ4v) is 2.06. The van der Waals surface area contributed by atoms with Crippen LogP contribution in [-0.2, 0) is 13.0 Å². The highest BCUT2D eigenvalue weighted by Crippen LogP contribution is 2.35. The summed E-state index contributed by atoms with van der Waals surface area (Å²) in [5.74, 6) is 2.78. The van der Waals surface area contributed by atoms with E-state index in [1.54, 1.807) is 14.2 Å². The number of methoxy groups -OCH3 is 2. The van der Waals surface area contributed by atoms with Crippen LogP contribution in [0.5, 0.6) is 23.0 Å². The smallest absolute Gasteiger partial charge is 0.169 e. The van der Waals surface area contributed by atoms with Crippen LogP contribution < -0.4 is 19.9 Å². The van der Waals surface area contributed by atoms with Gasteiger partial charge in [0.15, 0.2) is 11.5 Å². The van der Waals surface area contributed by atoms with Crippen molar-refractivity contribution >= 4 is 0 Å². The van der Waals surface area contributed by atoms with Crippen LogP contribution in [0.2, 0.25) is 0 Å². The van der Waals surface area contributed by atoms with Gasteiger partial charge in [-0.3, -0.25) is 0 Å². The Kier molecular flexibility index (Phi) is 5.06. The van der Waals surface area contributed by atoms with Gasteiger partial charge in [0, 0.05) is 18.2 Å². The summed E-state index contributed by atoms with van der Waals surface area (Å²) in [6.45, 7) is 2.50. The molecular weight excluding hydrogens is 266 g/mol. The number of hydrogen-bond acceptors (Lipinski definition) is 4. The number of benzene rings is 2. The molecule has 2 aromatic rings. The molecule has 0 aromatic heterocycles. The van der Waals surface area contributed by atoms with Crippen molar-refractivity contribution < 1.29 is 14.2 Å². The quantitative estimate of drug-likeness (QED) is 0.883. The molecule has 2 N–H and O–H groups in total. The molecule has 0 aliphatic rings. The van der Waals surface area contributed by atoms with Crippen LogP contribution in [0.3, 0.4) is 0 Å². The number of aryl methyl sites for hydroxylation is 1. The minimum Gasteiger partial charge on any atom is -0.497 e. The maximum atomic E-state index is 5.98. The lowest BCUT2D eigenvalue weighted by Gasteiger charge is -2.14. The van der Waals surface area contributed by atoms with Gasteiger partial charge in [0.1, 0.15) is 11.5 Å². The van der Waals surface area contributed by atoms with Crippen molar-refractivity contribution in [1.82, 2.24) is 0 Å². The minimum absolute atomic E-state index is 0.398. The third kappa shape index (κ3) is 3.47. The summed E-state index contributed by atoms with van der Waals surface area (Å²) in [5.41, 5.74) is 7.87. The molecule has 0 radical (unpaired) electrons. The van der Waals surface area contributed by atoms with E-state index in [1.807, 2.05) is 36.4 Å². The summed E-state index contributed by atoms with van der Waals surface area (Å²) < 4.78 is 16.6. The molecule has 0 spiro atoms. The van der Waals surface area contributed by atoms with Crippen LogP contribution in [0.4, 0.5) is 0 Å². The van der Waals surface area contributed by atoms with Crippen molar-refractivity contribution in [1.29, 1.82) is 0 Å². The first kappa shape index (κ1) is 15.2. The van der Waals surface area contributed by atoms with Crippen molar-refractivity contribution in [3.63, 3.8) is 0 Å². The van der Waals surface area contributed by atoms with Crippen LogP contribution in [0.1, 0.15) is 18.1 Å². The van der Waals surface area contributed by atoms with E-state index in [4.69, 9.17) is 19.9 Å². The molecule has 0 saturated heterocycles. The third-order valence-corrected chi connectivity index (χ3v) is 3.35. The van der Waals surface area contributed by atoms with Gasteiger partial charge in [-0.1, -0.05) is 19.1 Å². The molecule has 0 saturated carbocycles. The van der Waals surface area contributed by atoms with Gasteiger partial charge in [0.2, 0.25) is 0 Å². The standard InChI is InChI=1S/C17H21NO3/c1-4-12-5-8-15(17(9-12)20-3)21-16-10-14(19-2)7-6-13(16)11-18/h5-10H,4,11,18H2,1-3H3. The predicted octanol–water partition coefficient (Wildman–Crippen LogP) is 3.52. The van der Waals surface area contributed by atoms with E-state index >= 15 is 0 Å². The first-order valence-corrected chi connectivity index (χ1v) is 6.93. The Morgan fingerprint density at radius 3 is 2.33 bits per heavy atom. The van der Waals surface area contributed by atoms with E-state index < -0.39 is 0 Å². The molecular formula is C17H21NO3. The molecule has 0 atom stereocenters. The zero-order valence-corrected chi connectivity index (χ0v) is 12.7. The molecule has 112 valence electrons. The molecule has 0 fully saturated rings. The van der Waals surface area contributed by atoms with Crippen molar-refractivity contribution in [2.75, 3.05) is 14.2 Å². The Morgan fingerprint density at radius 1 is 0.905 bits per heavy atom. The fourth-order valence-electron chi connectivity index (χ4n) is 2.06. The Labute approximate surface area is 125 Å². The lowest BCUT2D eigenvalue weighted by atomic mass is 10.1. The second kappa shape index (κ2) is 6.99.